The molecular weight excluding hydrogens is 416 g/mol. The van der Waals surface area contributed by atoms with Crippen molar-refractivity contribution in [1.82, 2.24) is 10.2 Å². The van der Waals surface area contributed by atoms with Gasteiger partial charge in [0.2, 0.25) is 11.8 Å². The molecule has 1 unspecified atom stereocenters. The number of thioether (sulfide) groups is 1. The van der Waals surface area contributed by atoms with E-state index in [1.807, 2.05) is 63.2 Å². The zero-order valence-corrected chi connectivity index (χ0v) is 19.7. The van der Waals surface area contributed by atoms with Gasteiger partial charge in [0.1, 0.15) is 6.04 Å². The summed E-state index contributed by atoms with van der Waals surface area (Å²) in [5.41, 5.74) is 2.17. The predicted octanol–water partition coefficient (Wildman–Crippen LogP) is 5.46. The van der Waals surface area contributed by atoms with Gasteiger partial charge in [-0.2, -0.15) is 0 Å². The van der Waals surface area contributed by atoms with Crippen molar-refractivity contribution in [3.63, 3.8) is 0 Å². The summed E-state index contributed by atoms with van der Waals surface area (Å²) in [4.78, 5) is 28.4. The van der Waals surface area contributed by atoms with Crippen LogP contribution in [0.3, 0.4) is 0 Å². The molecule has 2 amide bonds. The molecule has 1 N–H and O–H groups in total. The lowest BCUT2D eigenvalue weighted by Gasteiger charge is -2.29. The molecule has 2 aromatic rings. The number of carbonyl (C=O) groups is 2. The van der Waals surface area contributed by atoms with Crippen LogP contribution in [0.15, 0.2) is 53.4 Å². The maximum Gasteiger partial charge on any atom is 0.242 e. The van der Waals surface area contributed by atoms with E-state index in [9.17, 15) is 9.59 Å². The van der Waals surface area contributed by atoms with Crippen molar-refractivity contribution >= 4 is 35.2 Å². The molecule has 6 heteroatoms. The monoisotopic (exact) mass is 446 g/mol. The van der Waals surface area contributed by atoms with E-state index < -0.39 is 6.04 Å². The molecule has 0 aliphatic heterocycles. The Morgan fingerprint density at radius 1 is 1.10 bits per heavy atom. The van der Waals surface area contributed by atoms with Crippen LogP contribution in [0.5, 0.6) is 0 Å². The molecule has 0 fully saturated rings. The maximum absolute atomic E-state index is 13.0. The Hall–Kier alpha value is -1.98. The molecule has 2 rings (SSSR count). The van der Waals surface area contributed by atoms with Crippen LogP contribution >= 0.6 is 23.4 Å². The van der Waals surface area contributed by atoms with Gasteiger partial charge in [0.15, 0.2) is 0 Å². The normalized spacial score (nSPS) is 11.9. The molecule has 0 aliphatic carbocycles. The summed E-state index contributed by atoms with van der Waals surface area (Å²) in [7, 11) is 0. The molecular formula is C24H31ClN2O2S. The van der Waals surface area contributed by atoms with Crippen LogP contribution in [-0.4, -0.2) is 34.6 Å². The number of halogens is 1. The van der Waals surface area contributed by atoms with E-state index in [0.717, 1.165) is 33.2 Å². The number of rotatable bonds is 10. The minimum absolute atomic E-state index is 0.000353. The summed E-state index contributed by atoms with van der Waals surface area (Å²) in [6.45, 7) is 8.10. The van der Waals surface area contributed by atoms with Crippen LogP contribution in [0, 0.1) is 6.92 Å². The molecule has 1 atom stereocenters. The summed E-state index contributed by atoms with van der Waals surface area (Å²) >= 11 is 7.62. The van der Waals surface area contributed by atoms with E-state index in [1.54, 1.807) is 23.6 Å². The number of hydrogen-bond acceptors (Lipinski definition) is 3. The fourth-order valence-electron chi connectivity index (χ4n) is 3.08. The average Bonchev–Trinajstić information content (AvgIpc) is 2.69. The van der Waals surface area contributed by atoms with Crippen molar-refractivity contribution in [2.24, 2.45) is 0 Å². The highest BCUT2D eigenvalue weighted by Gasteiger charge is 2.26. The van der Waals surface area contributed by atoms with Gasteiger partial charge in [0.25, 0.3) is 0 Å². The quantitative estimate of drug-likeness (QED) is 0.389. The van der Waals surface area contributed by atoms with Crippen LogP contribution in [0.1, 0.15) is 44.7 Å². The predicted molar refractivity (Wildman–Crippen MR) is 126 cm³/mol. The van der Waals surface area contributed by atoms with Crippen molar-refractivity contribution in [1.29, 1.82) is 0 Å². The second-order valence-corrected chi connectivity index (χ2v) is 9.36. The number of benzene rings is 2. The lowest BCUT2D eigenvalue weighted by Crippen LogP contribution is -2.49. The standard InChI is InChI=1S/C24H31ClN2O2S/c1-17(2)26-24(29)19(4)27(16-20-8-5-7-18(3)15-20)23(28)9-6-14-30-22-12-10-21(25)11-13-22/h5,7-8,10-13,15,17,19H,6,9,14,16H2,1-4H3,(H,26,29). The number of hydrogen-bond donors (Lipinski definition) is 1. The highest BCUT2D eigenvalue weighted by atomic mass is 35.5. The zero-order chi connectivity index (χ0) is 22.1. The van der Waals surface area contributed by atoms with Crippen molar-refractivity contribution in [3.05, 3.63) is 64.7 Å². The Bertz CT molecular complexity index is 839. The first kappa shape index (κ1) is 24.3. The lowest BCUT2D eigenvalue weighted by molar-refractivity contribution is -0.140. The minimum Gasteiger partial charge on any atom is -0.352 e. The van der Waals surface area contributed by atoms with Crippen molar-refractivity contribution < 1.29 is 9.59 Å². The first-order valence-electron chi connectivity index (χ1n) is 10.3. The van der Waals surface area contributed by atoms with Gasteiger partial charge in [-0.05, 0) is 69.7 Å². The number of carbonyl (C=O) groups excluding carboxylic acids is 2. The summed E-state index contributed by atoms with van der Waals surface area (Å²) in [5, 5.41) is 3.64. The van der Waals surface area contributed by atoms with E-state index in [-0.39, 0.29) is 17.9 Å². The molecule has 2 aromatic carbocycles. The van der Waals surface area contributed by atoms with E-state index >= 15 is 0 Å². The van der Waals surface area contributed by atoms with Crippen LogP contribution in [0.4, 0.5) is 0 Å². The van der Waals surface area contributed by atoms with Gasteiger partial charge < -0.3 is 10.2 Å². The summed E-state index contributed by atoms with van der Waals surface area (Å²) in [6, 6.07) is 15.3. The van der Waals surface area contributed by atoms with Crippen molar-refractivity contribution in [3.8, 4) is 0 Å². The lowest BCUT2D eigenvalue weighted by atomic mass is 10.1. The maximum atomic E-state index is 13.0. The third kappa shape index (κ3) is 8.04. The number of amides is 2. The van der Waals surface area contributed by atoms with Crippen LogP contribution in [0.25, 0.3) is 0 Å². The highest BCUT2D eigenvalue weighted by Crippen LogP contribution is 2.22. The van der Waals surface area contributed by atoms with Gasteiger partial charge in [0, 0.05) is 28.9 Å². The van der Waals surface area contributed by atoms with E-state index in [0.29, 0.717) is 13.0 Å². The van der Waals surface area contributed by atoms with Gasteiger partial charge in [-0.1, -0.05) is 41.4 Å². The van der Waals surface area contributed by atoms with Crippen molar-refractivity contribution in [2.75, 3.05) is 5.75 Å². The minimum atomic E-state index is -0.524. The number of nitrogens with zero attached hydrogens (tertiary/aromatic N) is 1. The fraction of sp³-hybridized carbons (Fsp3) is 0.417. The topological polar surface area (TPSA) is 49.4 Å². The van der Waals surface area contributed by atoms with E-state index in [4.69, 9.17) is 11.6 Å². The van der Waals surface area contributed by atoms with E-state index in [1.165, 1.54) is 0 Å². The second-order valence-electron chi connectivity index (χ2n) is 7.76. The molecule has 0 saturated carbocycles. The van der Waals surface area contributed by atoms with Crippen molar-refractivity contribution in [2.45, 2.75) is 64.1 Å². The molecule has 0 aliphatic rings. The van der Waals surface area contributed by atoms with Gasteiger partial charge >= 0.3 is 0 Å². The molecule has 30 heavy (non-hydrogen) atoms. The zero-order valence-electron chi connectivity index (χ0n) is 18.2. The Morgan fingerprint density at radius 3 is 2.43 bits per heavy atom. The van der Waals surface area contributed by atoms with E-state index in [2.05, 4.69) is 11.4 Å². The number of aryl methyl sites for hydroxylation is 1. The largest absolute Gasteiger partial charge is 0.352 e. The molecule has 0 bridgehead atoms. The Balaban J connectivity index is 1.99. The third-order valence-electron chi connectivity index (χ3n) is 4.65. The number of nitrogens with one attached hydrogen (secondary N) is 1. The summed E-state index contributed by atoms with van der Waals surface area (Å²) in [5.74, 6) is 0.708. The second kappa shape index (κ2) is 12.0. The highest BCUT2D eigenvalue weighted by molar-refractivity contribution is 7.99. The smallest absolute Gasteiger partial charge is 0.242 e. The summed E-state index contributed by atoms with van der Waals surface area (Å²) < 4.78 is 0. The van der Waals surface area contributed by atoms with Crippen LogP contribution in [0.2, 0.25) is 5.02 Å². The molecule has 4 nitrogen and oxygen atoms in total. The molecule has 0 radical (unpaired) electrons. The SMILES string of the molecule is Cc1cccc(CN(C(=O)CCCSc2ccc(Cl)cc2)C(C)C(=O)NC(C)C)c1. The molecule has 162 valence electrons. The average molecular weight is 447 g/mol. The Labute approximate surface area is 189 Å². The van der Waals surface area contributed by atoms with Gasteiger partial charge in [-0.15, -0.1) is 11.8 Å². The molecule has 0 spiro atoms. The first-order valence-corrected chi connectivity index (χ1v) is 11.7. The van der Waals surface area contributed by atoms with Crippen LogP contribution < -0.4 is 5.32 Å². The molecule has 0 saturated heterocycles. The van der Waals surface area contributed by atoms with Gasteiger partial charge in [-0.3, -0.25) is 9.59 Å². The van der Waals surface area contributed by atoms with Gasteiger partial charge in [-0.25, -0.2) is 0 Å². The fourth-order valence-corrected chi connectivity index (χ4v) is 4.06. The third-order valence-corrected chi connectivity index (χ3v) is 6.00. The van der Waals surface area contributed by atoms with Gasteiger partial charge in [0.05, 0.1) is 0 Å². The molecule has 0 aromatic heterocycles. The first-order chi connectivity index (χ1) is 14.3. The summed E-state index contributed by atoms with van der Waals surface area (Å²) in [6.07, 6.45) is 1.15. The Morgan fingerprint density at radius 2 is 1.80 bits per heavy atom. The molecule has 0 heterocycles. The van der Waals surface area contributed by atoms with Crippen LogP contribution in [-0.2, 0) is 16.1 Å². The Kier molecular flexibility index (Phi) is 9.73.